The summed E-state index contributed by atoms with van der Waals surface area (Å²) >= 11 is 0. The van der Waals surface area contributed by atoms with E-state index in [1.165, 1.54) is 4.90 Å². The molecule has 0 aliphatic carbocycles. The number of anilines is 1. The molecule has 7 heteroatoms. The molecule has 0 saturated carbocycles. The van der Waals surface area contributed by atoms with E-state index in [-0.39, 0.29) is 18.0 Å². The molecule has 0 bridgehead atoms. The monoisotopic (exact) mass is 360 g/mol. The number of imide groups is 1. The molecular weight excluding hydrogens is 332 g/mol. The molecule has 1 N–H and O–H groups in total. The normalized spacial score (nSPS) is 21.2. The Morgan fingerprint density at radius 3 is 2.54 bits per heavy atom. The Morgan fingerprint density at radius 2 is 1.85 bits per heavy atom. The number of hydrogen-bond acceptors (Lipinski definition) is 5. The van der Waals surface area contributed by atoms with E-state index >= 15 is 0 Å². The van der Waals surface area contributed by atoms with Gasteiger partial charge in [0.15, 0.2) is 0 Å². The van der Waals surface area contributed by atoms with Gasteiger partial charge in [-0.25, -0.2) is 9.69 Å². The minimum Gasteiger partial charge on any atom is -0.492 e. The van der Waals surface area contributed by atoms with Gasteiger partial charge in [0.05, 0.1) is 19.0 Å². The number of urea groups is 1. The van der Waals surface area contributed by atoms with E-state index in [1.54, 1.807) is 0 Å². The van der Waals surface area contributed by atoms with Crippen LogP contribution in [0, 0.1) is 0 Å². The Bertz CT molecular complexity index is 643. The van der Waals surface area contributed by atoms with E-state index in [4.69, 9.17) is 4.74 Å². The molecule has 142 valence electrons. The topological polar surface area (TPSA) is 65.1 Å². The largest absolute Gasteiger partial charge is 0.492 e. The molecule has 2 aliphatic rings. The highest BCUT2D eigenvalue weighted by Gasteiger charge is 2.38. The number of amides is 3. The number of carbonyl (C=O) groups excluding carboxylic acids is 2. The third-order valence-electron chi connectivity index (χ3n) is 4.90. The SMILES string of the molecule is CCC[C@@H]1NC(=O)N(CN2CCN(c3ccccc3OCC)CC2)C1=O. The van der Waals surface area contributed by atoms with Crippen LogP contribution < -0.4 is 15.0 Å². The molecule has 0 unspecified atom stereocenters. The average Bonchev–Trinajstić information content (AvgIpc) is 2.91. The maximum absolute atomic E-state index is 12.4. The zero-order valence-corrected chi connectivity index (χ0v) is 15.6. The van der Waals surface area contributed by atoms with E-state index in [0.717, 1.165) is 44.0 Å². The van der Waals surface area contributed by atoms with Crippen molar-refractivity contribution in [1.29, 1.82) is 0 Å². The van der Waals surface area contributed by atoms with E-state index < -0.39 is 0 Å². The highest BCUT2D eigenvalue weighted by atomic mass is 16.5. The average molecular weight is 360 g/mol. The third kappa shape index (κ3) is 3.93. The van der Waals surface area contributed by atoms with Gasteiger partial charge in [-0.2, -0.15) is 0 Å². The van der Waals surface area contributed by atoms with E-state index in [2.05, 4.69) is 21.2 Å². The van der Waals surface area contributed by atoms with Crippen molar-refractivity contribution in [3.8, 4) is 5.75 Å². The van der Waals surface area contributed by atoms with Gasteiger partial charge >= 0.3 is 6.03 Å². The van der Waals surface area contributed by atoms with Crippen molar-refractivity contribution in [2.24, 2.45) is 0 Å². The van der Waals surface area contributed by atoms with Crippen LogP contribution >= 0.6 is 0 Å². The van der Waals surface area contributed by atoms with Crippen molar-refractivity contribution in [2.75, 3.05) is 44.4 Å². The smallest absolute Gasteiger partial charge is 0.325 e. The zero-order valence-electron chi connectivity index (χ0n) is 15.6. The number of rotatable bonds is 7. The first-order valence-electron chi connectivity index (χ1n) is 9.45. The predicted octanol–water partition coefficient (Wildman–Crippen LogP) is 1.89. The highest BCUT2D eigenvalue weighted by molar-refractivity contribution is 6.04. The summed E-state index contributed by atoms with van der Waals surface area (Å²) in [7, 11) is 0. The van der Waals surface area contributed by atoms with Crippen molar-refractivity contribution in [3.63, 3.8) is 0 Å². The first-order valence-corrected chi connectivity index (χ1v) is 9.45. The number of ether oxygens (including phenoxy) is 1. The molecule has 26 heavy (non-hydrogen) atoms. The van der Waals surface area contributed by atoms with Crippen LogP contribution in [0.5, 0.6) is 5.75 Å². The number of nitrogens with zero attached hydrogens (tertiary/aromatic N) is 3. The molecule has 2 fully saturated rings. The summed E-state index contributed by atoms with van der Waals surface area (Å²) in [6, 6.07) is 7.45. The summed E-state index contributed by atoms with van der Waals surface area (Å²) in [4.78, 5) is 30.3. The van der Waals surface area contributed by atoms with Gasteiger partial charge in [-0.05, 0) is 25.5 Å². The van der Waals surface area contributed by atoms with Crippen molar-refractivity contribution < 1.29 is 14.3 Å². The Balaban J connectivity index is 1.56. The fourth-order valence-corrected chi connectivity index (χ4v) is 3.52. The Morgan fingerprint density at radius 1 is 1.12 bits per heavy atom. The van der Waals surface area contributed by atoms with Gasteiger partial charge in [-0.1, -0.05) is 25.5 Å². The van der Waals surface area contributed by atoms with E-state index in [9.17, 15) is 9.59 Å². The molecule has 1 aromatic carbocycles. The lowest BCUT2D eigenvalue weighted by Gasteiger charge is -2.37. The van der Waals surface area contributed by atoms with Crippen LogP contribution in [-0.4, -0.2) is 67.2 Å². The molecule has 0 spiro atoms. The third-order valence-corrected chi connectivity index (χ3v) is 4.90. The zero-order chi connectivity index (χ0) is 18.5. The summed E-state index contributed by atoms with van der Waals surface area (Å²) in [5.41, 5.74) is 1.10. The molecule has 2 saturated heterocycles. The number of piperazine rings is 1. The van der Waals surface area contributed by atoms with Crippen LogP contribution in [0.1, 0.15) is 26.7 Å². The van der Waals surface area contributed by atoms with Crippen molar-refractivity contribution >= 4 is 17.6 Å². The Kier molecular flexibility index (Phi) is 5.98. The maximum Gasteiger partial charge on any atom is 0.325 e. The Labute approximate surface area is 154 Å². The summed E-state index contributed by atoms with van der Waals surface area (Å²) < 4.78 is 5.73. The fourth-order valence-electron chi connectivity index (χ4n) is 3.52. The lowest BCUT2D eigenvalue weighted by atomic mass is 10.2. The first-order chi connectivity index (χ1) is 12.6. The maximum atomic E-state index is 12.4. The Hall–Kier alpha value is -2.28. The van der Waals surface area contributed by atoms with Crippen LogP contribution in [0.2, 0.25) is 0 Å². The van der Waals surface area contributed by atoms with Crippen molar-refractivity contribution in [1.82, 2.24) is 15.1 Å². The first kappa shape index (κ1) is 18.5. The second-order valence-corrected chi connectivity index (χ2v) is 6.70. The van der Waals surface area contributed by atoms with Gasteiger partial charge in [-0.15, -0.1) is 0 Å². The number of nitrogens with one attached hydrogen (secondary N) is 1. The number of benzene rings is 1. The molecule has 0 radical (unpaired) electrons. The highest BCUT2D eigenvalue weighted by Crippen LogP contribution is 2.28. The quantitative estimate of drug-likeness (QED) is 0.752. The number of hydrogen-bond donors (Lipinski definition) is 1. The van der Waals surface area contributed by atoms with Gasteiger partial charge in [0.25, 0.3) is 5.91 Å². The molecule has 3 amide bonds. The number of carbonyl (C=O) groups is 2. The van der Waals surface area contributed by atoms with E-state index in [1.807, 2.05) is 32.0 Å². The van der Waals surface area contributed by atoms with Crippen LogP contribution in [0.15, 0.2) is 24.3 Å². The molecular formula is C19H28N4O3. The summed E-state index contributed by atoms with van der Waals surface area (Å²) in [6.45, 7) is 8.29. The molecule has 1 atom stereocenters. The summed E-state index contributed by atoms with van der Waals surface area (Å²) in [5.74, 6) is 0.806. The van der Waals surface area contributed by atoms with Crippen LogP contribution in [0.4, 0.5) is 10.5 Å². The van der Waals surface area contributed by atoms with Crippen molar-refractivity contribution in [3.05, 3.63) is 24.3 Å². The molecule has 2 heterocycles. The summed E-state index contributed by atoms with van der Waals surface area (Å²) in [5, 5.41) is 2.78. The van der Waals surface area contributed by atoms with Gasteiger partial charge in [0.1, 0.15) is 11.8 Å². The van der Waals surface area contributed by atoms with Gasteiger partial charge < -0.3 is 15.0 Å². The molecule has 3 rings (SSSR count). The second-order valence-electron chi connectivity index (χ2n) is 6.70. The van der Waals surface area contributed by atoms with Gasteiger partial charge in [-0.3, -0.25) is 9.69 Å². The molecule has 7 nitrogen and oxygen atoms in total. The minimum absolute atomic E-state index is 0.0963. The molecule has 0 aromatic heterocycles. The lowest BCUT2D eigenvalue weighted by Crippen LogP contribution is -2.51. The van der Waals surface area contributed by atoms with Crippen LogP contribution in [-0.2, 0) is 4.79 Å². The second kappa shape index (κ2) is 8.40. The summed E-state index contributed by atoms with van der Waals surface area (Å²) in [6.07, 6.45) is 1.57. The molecule has 2 aliphatic heterocycles. The fraction of sp³-hybridized carbons (Fsp3) is 0.579. The lowest BCUT2D eigenvalue weighted by molar-refractivity contribution is -0.129. The molecule has 1 aromatic rings. The van der Waals surface area contributed by atoms with E-state index in [0.29, 0.717) is 19.7 Å². The standard InChI is InChI=1S/C19H28N4O3/c1-3-7-15-18(24)23(19(25)20-15)14-21-10-12-22(13-11-21)16-8-5-6-9-17(16)26-4-2/h5-6,8-9,15H,3-4,7,10-14H2,1-2H3,(H,20,25)/t15-/m0/s1. The van der Waals surface area contributed by atoms with Crippen LogP contribution in [0.3, 0.4) is 0 Å². The van der Waals surface area contributed by atoms with Gasteiger partial charge in [0, 0.05) is 26.2 Å². The van der Waals surface area contributed by atoms with Crippen LogP contribution in [0.25, 0.3) is 0 Å². The predicted molar refractivity (Wildman–Crippen MR) is 100 cm³/mol. The number of para-hydroxylation sites is 2. The minimum atomic E-state index is -0.355. The van der Waals surface area contributed by atoms with Crippen molar-refractivity contribution in [2.45, 2.75) is 32.7 Å². The van der Waals surface area contributed by atoms with Gasteiger partial charge in [0.2, 0.25) is 0 Å².